The van der Waals surface area contributed by atoms with E-state index in [4.69, 9.17) is 9.47 Å². The van der Waals surface area contributed by atoms with E-state index in [1.165, 1.54) is 35.1 Å². The summed E-state index contributed by atoms with van der Waals surface area (Å²) in [5.41, 5.74) is 5.00. The van der Waals surface area contributed by atoms with E-state index in [9.17, 15) is 0 Å². The van der Waals surface area contributed by atoms with Crippen LogP contribution in [0, 0.1) is 0 Å². The third-order valence-electron chi connectivity index (χ3n) is 4.12. The topological polar surface area (TPSA) is 18.5 Å². The lowest BCUT2D eigenvalue weighted by Crippen LogP contribution is -2.00. The summed E-state index contributed by atoms with van der Waals surface area (Å²) in [6, 6.07) is 17.1. The van der Waals surface area contributed by atoms with E-state index < -0.39 is 0 Å². The molecule has 130 valence electrons. The zero-order chi connectivity index (χ0) is 17.0. The summed E-state index contributed by atoms with van der Waals surface area (Å²) in [4.78, 5) is 0. The number of hydrogen-bond acceptors (Lipinski definition) is 2. The summed E-state index contributed by atoms with van der Waals surface area (Å²) in [6.45, 7) is 7.36. The molecule has 0 aromatic heterocycles. The van der Waals surface area contributed by atoms with Gasteiger partial charge in [-0.05, 0) is 35.1 Å². The molecule has 0 heterocycles. The van der Waals surface area contributed by atoms with Crippen LogP contribution in [0.15, 0.2) is 48.5 Å². The summed E-state index contributed by atoms with van der Waals surface area (Å²) in [5.74, 6) is 0. The van der Waals surface area contributed by atoms with E-state index in [0.717, 1.165) is 26.1 Å². The fourth-order valence-corrected chi connectivity index (χ4v) is 2.67. The Morgan fingerprint density at radius 1 is 0.625 bits per heavy atom. The van der Waals surface area contributed by atoms with E-state index in [2.05, 4.69) is 62.4 Å². The van der Waals surface area contributed by atoms with E-state index >= 15 is 0 Å². The number of benzene rings is 2. The molecule has 2 heteroatoms. The Kier molecular flexibility index (Phi) is 8.58. The van der Waals surface area contributed by atoms with Gasteiger partial charge < -0.3 is 9.47 Å². The first-order valence-corrected chi connectivity index (χ1v) is 9.18. The summed E-state index contributed by atoms with van der Waals surface area (Å²) in [6.07, 6.45) is 4.56. The predicted octanol–water partition coefficient (Wildman–Crippen LogP) is 5.99. The summed E-state index contributed by atoms with van der Waals surface area (Å²) >= 11 is 0. The van der Waals surface area contributed by atoms with Gasteiger partial charge in [0.2, 0.25) is 0 Å². The second kappa shape index (κ2) is 11.0. The predicted molar refractivity (Wildman–Crippen MR) is 101 cm³/mol. The zero-order valence-electron chi connectivity index (χ0n) is 15.1. The van der Waals surface area contributed by atoms with Crippen LogP contribution < -0.4 is 0 Å². The largest absolute Gasteiger partial charge is 0.377 e. The van der Waals surface area contributed by atoms with Gasteiger partial charge in [0.05, 0.1) is 13.2 Å². The molecule has 0 spiro atoms. The van der Waals surface area contributed by atoms with Crippen LogP contribution in [0.3, 0.4) is 0 Å². The quantitative estimate of drug-likeness (QED) is 0.472. The van der Waals surface area contributed by atoms with E-state index in [-0.39, 0.29) is 0 Å². The van der Waals surface area contributed by atoms with Crippen LogP contribution in [0.5, 0.6) is 0 Å². The Labute approximate surface area is 146 Å². The highest BCUT2D eigenvalue weighted by molar-refractivity contribution is 5.70. The number of unbranched alkanes of at least 4 members (excludes halogenated alkanes) is 2. The minimum atomic E-state index is 0.668. The number of ether oxygens (including phenoxy) is 2. The van der Waals surface area contributed by atoms with Crippen molar-refractivity contribution in [3.63, 3.8) is 0 Å². The molecule has 0 atom stereocenters. The Balaban J connectivity index is 2.12. The Hall–Kier alpha value is -1.64. The molecule has 2 nitrogen and oxygen atoms in total. The van der Waals surface area contributed by atoms with Crippen molar-refractivity contribution in [1.29, 1.82) is 0 Å². The Bertz CT molecular complexity index is 539. The highest BCUT2D eigenvalue weighted by atomic mass is 16.5. The zero-order valence-corrected chi connectivity index (χ0v) is 15.1. The standard InChI is InChI=1S/C22H30O2/c1-3-5-15-23-17-19-11-7-9-13-21(19)22-14-10-8-12-20(22)18-24-16-6-4-2/h7-14H,3-6,15-18H2,1-2H3. The van der Waals surface area contributed by atoms with Crippen LogP contribution in [0.25, 0.3) is 11.1 Å². The van der Waals surface area contributed by atoms with Crippen molar-refractivity contribution in [2.45, 2.75) is 52.7 Å². The second-order valence-corrected chi connectivity index (χ2v) is 6.13. The molecule has 0 N–H and O–H groups in total. The molecule has 0 unspecified atom stereocenters. The van der Waals surface area contributed by atoms with Gasteiger partial charge in [-0.3, -0.25) is 0 Å². The van der Waals surface area contributed by atoms with Gasteiger partial charge in [-0.25, -0.2) is 0 Å². The van der Waals surface area contributed by atoms with Crippen LogP contribution >= 0.6 is 0 Å². The second-order valence-electron chi connectivity index (χ2n) is 6.13. The summed E-state index contributed by atoms with van der Waals surface area (Å²) in [7, 11) is 0. The molecule has 0 saturated carbocycles. The highest BCUT2D eigenvalue weighted by Crippen LogP contribution is 2.28. The van der Waals surface area contributed by atoms with Crippen molar-refractivity contribution in [3.05, 3.63) is 59.7 Å². The SMILES string of the molecule is CCCCOCc1ccccc1-c1ccccc1COCCCC. The first-order chi connectivity index (χ1) is 11.9. The smallest absolute Gasteiger partial charge is 0.0722 e. The average molecular weight is 326 g/mol. The average Bonchev–Trinajstić information content (AvgIpc) is 2.63. The van der Waals surface area contributed by atoms with Crippen molar-refractivity contribution in [3.8, 4) is 11.1 Å². The minimum absolute atomic E-state index is 0.668. The summed E-state index contributed by atoms with van der Waals surface area (Å²) in [5, 5.41) is 0. The van der Waals surface area contributed by atoms with Crippen molar-refractivity contribution >= 4 is 0 Å². The fourth-order valence-electron chi connectivity index (χ4n) is 2.67. The van der Waals surface area contributed by atoms with Gasteiger partial charge in [0, 0.05) is 13.2 Å². The molecule has 0 radical (unpaired) electrons. The molecular weight excluding hydrogens is 296 g/mol. The van der Waals surface area contributed by atoms with Gasteiger partial charge >= 0.3 is 0 Å². The van der Waals surface area contributed by atoms with Gasteiger partial charge in [0.15, 0.2) is 0 Å². The molecule has 0 aliphatic carbocycles. The van der Waals surface area contributed by atoms with Crippen LogP contribution in [-0.2, 0) is 22.7 Å². The van der Waals surface area contributed by atoms with Gasteiger partial charge in [-0.1, -0.05) is 75.2 Å². The van der Waals surface area contributed by atoms with Crippen molar-refractivity contribution in [2.24, 2.45) is 0 Å². The first-order valence-electron chi connectivity index (χ1n) is 9.18. The molecule has 24 heavy (non-hydrogen) atoms. The molecular formula is C22H30O2. The summed E-state index contributed by atoms with van der Waals surface area (Å²) < 4.78 is 11.7. The normalized spacial score (nSPS) is 10.9. The maximum absolute atomic E-state index is 5.84. The molecule has 0 amide bonds. The van der Waals surface area contributed by atoms with Crippen molar-refractivity contribution < 1.29 is 9.47 Å². The van der Waals surface area contributed by atoms with Crippen LogP contribution in [-0.4, -0.2) is 13.2 Å². The van der Waals surface area contributed by atoms with E-state index in [1.54, 1.807) is 0 Å². The molecule has 2 aromatic carbocycles. The molecule has 0 aliphatic rings. The lowest BCUT2D eigenvalue weighted by Gasteiger charge is -2.14. The Morgan fingerprint density at radius 3 is 1.46 bits per heavy atom. The van der Waals surface area contributed by atoms with Gasteiger partial charge in [0.25, 0.3) is 0 Å². The van der Waals surface area contributed by atoms with Gasteiger partial charge in [-0.15, -0.1) is 0 Å². The van der Waals surface area contributed by atoms with E-state index in [0.29, 0.717) is 13.2 Å². The minimum Gasteiger partial charge on any atom is -0.377 e. The van der Waals surface area contributed by atoms with Crippen LogP contribution in [0.2, 0.25) is 0 Å². The number of rotatable bonds is 11. The van der Waals surface area contributed by atoms with Gasteiger partial charge in [-0.2, -0.15) is 0 Å². The van der Waals surface area contributed by atoms with Crippen molar-refractivity contribution in [2.75, 3.05) is 13.2 Å². The van der Waals surface area contributed by atoms with Crippen LogP contribution in [0.1, 0.15) is 50.7 Å². The third-order valence-corrected chi connectivity index (χ3v) is 4.12. The van der Waals surface area contributed by atoms with Crippen molar-refractivity contribution in [1.82, 2.24) is 0 Å². The Morgan fingerprint density at radius 2 is 1.04 bits per heavy atom. The monoisotopic (exact) mass is 326 g/mol. The highest BCUT2D eigenvalue weighted by Gasteiger charge is 2.09. The molecule has 0 aliphatic heterocycles. The molecule has 2 rings (SSSR count). The lowest BCUT2D eigenvalue weighted by molar-refractivity contribution is 0.117. The molecule has 0 fully saturated rings. The molecule has 0 bridgehead atoms. The maximum atomic E-state index is 5.84. The number of hydrogen-bond donors (Lipinski definition) is 0. The lowest BCUT2D eigenvalue weighted by atomic mass is 9.96. The van der Waals surface area contributed by atoms with Crippen LogP contribution in [0.4, 0.5) is 0 Å². The molecule has 2 aromatic rings. The first kappa shape index (κ1) is 18.7. The third kappa shape index (κ3) is 5.77. The fraction of sp³-hybridized carbons (Fsp3) is 0.455. The maximum Gasteiger partial charge on any atom is 0.0722 e. The van der Waals surface area contributed by atoms with Gasteiger partial charge in [0.1, 0.15) is 0 Å². The van der Waals surface area contributed by atoms with E-state index in [1.807, 2.05) is 0 Å². The molecule has 0 saturated heterocycles.